The largest absolute Gasteiger partial charge is 0.324 e. The third-order valence-electron chi connectivity index (χ3n) is 4.09. The number of amides is 1. The number of hydrogen-bond donors (Lipinski definition) is 1. The fourth-order valence-corrected chi connectivity index (χ4v) is 3.88. The minimum Gasteiger partial charge on any atom is -0.324 e. The van der Waals surface area contributed by atoms with Gasteiger partial charge in [-0.2, -0.15) is 0 Å². The molecule has 0 bridgehead atoms. The molecule has 130 valence electrons. The van der Waals surface area contributed by atoms with Crippen LogP contribution in [0, 0.1) is 0 Å². The summed E-state index contributed by atoms with van der Waals surface area (Å²) < 4.78 is 1.89. The first-order valence-electron chi connectivity index (χ1n) is 8.07. The Hall–Kier alpha value is -2.18. The van der Waals surface area contributed by atoms with Crippen molar-refractivity contribution in [2.45, 2.75) is 33.2 Å². The van der Waals surface area contributed by atoms with E-state index in [0.717, 1.165) is 23.2 Å². The fourth-order valence-electron chi connectivity index (χ4n) is 2.79. The Kier molecular flexibility index (Phi) is 5.20. The number of aromatic nitrogens is 2. The lowest BCUT2D eigenvalue weighted by atomic mass is 10.0. The van der Waals surface area contributed by atoms with Crippen LogP contribution in [0.5, 0.6) is 0 Å². The molecule has 5 nitrogen and oxygen atoms in total. The van der Waals surface area contributed by atoms with Crippen LogP contribution in [0.2, 0.25) is 5.02 Å². The number of hydrogen-bond acceptors (Lipinski definition) is 4. The molecule has 0 atom stereocenters. The van der Waals surface area contributed by atoms with Crippen molar-refractivity contribution in [1.82, 2.24) is 9.55 Å². The number of nitrogens with one attached hydrogen (secondary N) is 1. The number of fused-ring (bicyclic) bond motifs is 1. The predicted molar refractivity (Wildman–Crippen MR) is 103 cm³/mol. The van der Waals surface area contributed by atoms with Crippen molar-refractivity contribution in [3.05, 3.63) is 56.4 Å². The molecular weight excluding hydrogens is 358 g/mol. The first-order chi connectivity index (χ1) is 12.0. The molecule has 0 aliphatic carbocycles. The van der Waals surface area contributed by atoms with Gasteiger partial charge in [-0.3, -0.25) is 14.2 Å². The summed E-state index contributed by atoms with van der Waals surface area (Å²) in [6, 6.07) is 5.56. The standard InChI is InChI=1S/C18H18ClN3O2S/c1-3-11-5-6-13(19)12(4-2)16(11)21-15(23)9-22-10-20-14-7-8-25-17(14)18(22)24/h5-8,10H,3-4,9H2,1-2H3,(H,21,23). The molecule has 0 radical (unpaired) electrons. The quantitative estimate of drug-likeness (QED) is 0.736. The molecule has 2 aromatic heterocycles. The maximum Gasteiger partial charge on any atom is 0.271 e. The van der Waals surface area contributed by atoms with Gasteiger partial charge in [-0.1, -0.05) is 31.5 Å². The Morgan fingerprint density at radius 3 is 2.80 bits per heavy atom. The van der Waals surface area contributed by atoms with Gasteiger partial charge in [0.15, 0.2) is 0 Å². The number of aryl methyl sites for hydroxylation is 1. The summed E-state index contributed by atoms with van der Waals surface area (Å²) in [6.07, 6.45) is 2.91. The zero-order valence-electron chi connectivity index (χ0n) is 14.0. The molecule has 1 N–H and O–H groups in total. The molecule has 1 amide bonds. The van der Waals surface area contributed by atoms with Crippen molar-refractivity contribution in [3.8, 4) is 0 Å². The first-order valence-corrected chi connectivity index (χ1v) is 9.33. The zero-order chi connectivity index (χ0) is 18.0. The molecule has 0 spiro atoms. The molecule has 0 fully saturated rings. The lowest BCUT2D eigenvalue weighted by molar-refractivity contribution is -0.116. The van der Waals surface area contributed by atoms with Crippen LogP contribution in [0.4, 0.5) is 5.69 Å². The van der Waals surface area contributed by atoms with Crippen molar-refractivity contribution in [2.24, 2.45) is 0 Å². The van der Waals surface area contributed by atoms with Crippen LogP contribution in [-0.2, 0) is 24.2 Å². The van der Waals surface area contributed by atoms with Crippen molar-refractivity contribution >= 4 is 44.7 Å². The van der Waals surface area contributed by atoms with Crippen LogP contribution < -0.4 is 10.9 Å². The van der Waals surface area contributed by atoms with Crippen molar-refractivity contribution in [1.29, 1.82) is 0 Å². The fraction of sp³-hybridized carbons (Fsp3) is 0.278. The van der Waals surface area contributed by atoms with Gasteiger partial charge in [-0.25, -0.2) is 4.98 Å². The molecule has 0 saturated heterocycles. The molecule has 0 aliphatic rings. The third kappa shape index (κ3) is 3.45. The summed E-state index contributed by atoms with van der Waals surface area (Å²) in [6.45, 7) is 3.94. The van der Waals surface area contributed by atoms with E-state index in [1.165, 1.54) is 22.2 Å². The monoisotopic (exact) mass is 375 g/mol. The Bertz CT molecular complexity index is 994. The van der Waals surface area contributed by atoms with Gasteiger partial charge in [0.25, 0.3) is 5.56 Å². The summed E-state index contributed by atoms with van der Waals surface area (Å²) in [5.41, 5.74) is 3.14. The van der Waals surface area contributed by atoms with Gasteiger partial charge in [0, 0.05) is 10.7 Å². The van der Waals surface area contributed by atoms with E-state index in [4.69, 9.17) is 11.6 Å². The van der Waals surface area contributed by atoms with Crippen LogP contribution in [-0.4, -0.2) is 15.5 Å². The molecule has 0 unspecified atom stereocenters. The Morgan fingerprint density at radius 1 is 1.28 bits per heavy atom. The highest BCUT2D eigenvalue weighted by molar-refractivity contribution is 7.17. The van der Waals surface area contributed by atoms with Crippen molar-refractivity contribution in [2.75, 3.05) is 5.32 Å². The van der Waals surface area contributed by atoms with Gasteiger partial charge >= 0.3 is 0 Å². The zero-order valence-corrected chi connectivity index (χ0v) is 15.6. The van der Waals surface area contributed by atoms with Crippen molar-refractivity contribution in [3.63, 3.8) is 0 Å². The van der Waals surface area contributed by atoms with Gasteiger partial charge < -0.3 is 5.32 Å². The van der Waals surface area contributed by atoms with Crippen molar-refractivity contribution < 1.29 is 4.79 Å². The van der Waals surface area contributed by atoms with E-state index in [0.29, 0.717) is 21.7 Å². The Labute approximate surface area is 154 Å². The summed E-state index contributed by atoms with van der Waals surface area (Å²) in [5, 5.41) is 5.38. The van der Waals surface area contributed by atoms with Gasteiger partial charge in [0.1, 0.15) is 11.2 Å². The van der Waals surface area contributed by atoms with E-state index in [9.17, 15) is 9.59 Å². The number of benzene rings is 1. The number of rotatable bonds is 5. The van der Waals surface area contributed by atoms with Crippen LogP contribution >= 0.6 is 22.9 Å². The van der Waals surface area contributed by atoms with E-state index < -0.39 is 0 Å². The van der Waals surface area contributed by atoms with Gasteiger partial charge in [0.2, 0.25) is 5.91 Å². The summed E-state index contributed by atoms with van der Waals surface area (Å²) in [7, 11) is 0. The van der Waals surface area contributed by atoms with E-state index in [1.807, 2.05) is 31.4 Å². The Morgan fingerprint density at radius 2 is 2.08 bits per heavy atom. The minimum absolute atomic E-state index is 0.0848. The van der Waals surface area contributed by atoms with E-state index in [2.05, 4.69) is 10.3 Å². The molecule has 2 heterocycles. The highest BCUT2D eigenvalue weighted by atomic mass is 35.5. The third-order valence-corrected chi connectivity index (χ3v) is 5.34. The summed E-state index contributed by atoms with van der Waals surface area (Å²) in [5.74, 6) is -0.272. The number of anilines is 1. The molecule has 3 aromatic rings. The SMILES string of the molecule is CCc1ccc(Cl)c(CC)c1NC(=O)Cn1cnc2ccsc2c1=O. The van der Waals surface area contributed by atoms with Gasteiger partial charge in [-0.15, -0.1) is 11.3 Å². The molecule has 3 rings (SSSR count). The lowest BCUT2D eigenvalue weighted by Gasteiger charge is -2.16. The topological polar surface area (TPSA) is 64.0 Å². The highest BCUT2D eigenvalue weighted by Crippen LogP contribution is 2.29. The predicted octanol–water partition coefficient (Wildman–Crippen LogP) is 3.87. The van der Waals surface area contributed by atoms with Crippen LogP contribution in [0.3, 0.4) is 0 Å². The number of halogens is 1. The van der Waals surface area contributed by atoms with E-state index in [-0.39, 0.29) is 18.0 Å². The second-order valence-electron chi connectivity index (χ2n) is 5.63. The van der Waals surface area contributed by atoms with Crippen LogP contribution in [0.15, 0.2) is 34.7 Å². The van der Waals surface area contributed by atoms with Crippen LogP contribution in [0.1, 0.15) is 25.0 Å². The second kappa shape index (κ2) is 7.37. The maximum atomic E-state index is 12.5. The minimum atomic E-state index is -0.272. The van der Waals surface area contributed by atoms with E-state index >= 15 is 0 Å². The molecular formula is C18H18ClN3O2S. The number of carbonyl (C=O) groups is 1. The smallest absolute Gasteiger partial charge is 0.271 e. The second-order valence-corrected chi connectivity index (χ2v) is 6.95. The molecule has 0 saturated carbocycles. The van der Waals surface area contributed by atoms with Gasteiger partial charge in [0.05, 0.1) is 11.8 Å². The number of nitrogens with zero attached hydrogens (tertiary/aromatic N) is 2. The lowest BCUT2D eigenvalue weighted by Crippen LogP contribution is -2.28. The van der Waals surface area contributed by atoms with Crippen LogP contribution in [0.25, 0.3) is 10.2 Å². The average molecular weight is 376 g/mol. The number of carbonyl (C=O) groups excluding carboxylic acids is 1. The Balaban J connectivity index is 1.89. The molecule has 7 heteroatoms. The average Bonchev–Trinajstić information content (AvgIpc) is 3.07. The highest BCUT2D eigenvalue weighted by Gasteiger charge is 2.14. The van der Waals surface area contributed by atoms with Gasteiger partial charge in [-0.05, 0) is 41.5 Å². The summed E-state index contributed by atoms with van der Waals surface area (Å²) in [4.78, 5) is 29.1. The maximum absolute atomic E-state index is 12.5. The normalized spacial score (nSPS) is 11.0. The number of thiophene rings is 1. The molecule has 1 aromatic carbocycles. The molecule has 0 aliphatic heterocycles. The van der Waals surface area contributed by atoms with E-state index in [1.54, 1.807) is 6.07 Å². The molecule has 25 heavy (non-hydrogen) atoms. The first kappa shape index (κ1) is 17.6. The summed E-state index contributed by atoms with van der Waals surface area (Å²) >= 11 is 7.59.